The normalized spacial score (nSPS) is 17.8. The van der Waals surface area contributed by atoms with Crippen molar-refractivity contribution in [3.05, 3.63) is 71.1 Å². The van der Waals surface area contributed by atoms with Gasteiger partial charge in [0.1, 0.15) is 23.1 Å². The lowest BCUT2D eigenvalue weighted by Crippen LogP contribution is -2.50. The number of halogens is 1. The number of ether oxygens (including phenoxy) is 1. The zero-order chi connectivity index (χ0) is 25.8. The van der Waals surface area contributed by atoms with Crippen molar-refractivity contribution in [3.63, 3.8) is 0 Å². The standard InChI is InChI=1S/C27H31ClN6O3/c1-19-29-18-24-25(31-21-5-3-7-23(17-21)37-22-6-2-4-20(28)16-22)8-9-33(26(24)30-19)13-10-32-11-14-34(15-12-32)27(35)36/h2-7,16-18,25,31H,8-15H2,1H3,(H,35,36). The SMILES string of the molecule is Cc1ncc2c(n1)N(CCN1CCN(C(=O)O)CC1)CCC2Nc1cccc(Oc2cccc(Cl)c2)c1. The quantitative estimate of drug-likeness (QED) is 0.453. The molecule has 0 aliphatic carbocycles. The fourth-order valence-corrected chi connectivity index (χ4v) is 5.00. The number of nitrogens with one attached hydrogen (secondary N) is 1. The summed E-state index contributed by atoms with van der Waals surface area (Å²) in [7, 11) is 0. The molecule has 2 aromatic carbocycles. The Labute approximate surface area is 221 Å². The van der Waals surface area contributed by atoms with Gasteiger partial charge in [-0.2, -0.15) is 0 Å². The van der Waals surface area contributed by atoms with Crippen molar-refractivity contribution in [1.82, 2.24) is 19.8 Å². The minimum absolute atomic E-state index is 0.0763. The molecular formula is C27H31ClN6O3. The molecule has 0 saturated carbocycles. The van der Waals surface area contributed by atoms with Crippen molar-refractivity contribution in [2.75, 3.05) is 56.0 Å². The van der Waals surface area contributed by atoms with Crippen molar-refractivity contribution >= 4 is 29.2 Å². The third-order valence-electron chi connectivity index (χ3n) is 6.81. The summed E-state index contributed by atoms with van der Waals surface area (Å²) in [4.78, 5) is 26.6. The van der Waals surface area contributed by atoms with E-state index in [-0.39, 0.29) is 6.04 Å². The van der Waals surface area contributed by atoms with Gasteiger partial charge in [0.25, 0.3) is 0 Å². The van der Waals surface area contributed by atoms with Crippen molar-refractivity contribution in [3.8, 4) is 11.5 Å². The van der Waals surface area contributed by atoms with Gasteiger partial charge in [-0.25, -0.2) is 14.8 Å². The molecule has 3 aromatic rings. The highest BCUT2D eigenvalue weighted by Crippen LogP contribution is 2.35. The highest BCUT2D eigenvalue weighted by Gasteiger charge is 2.28. The number of benzene rings is 2. The van der Waals surface area contributed by atoms with E-state index in [9.17, 15) is 9.90 Å². The summed E-state index contributed by atoms with van der Waals surface area (Å²) in [5.41, 5.74) is 2.04. The number of amides is 1. The van der Waals surface area contributed by atoms with Crippen LogP contribution in [0.1, 0.15) is 23.9 Å². The predicted molar refractivity (Wildman–Crippen MR) is 144 cm³/mol. The highest BCUT2D eigenvalue weighted by molar-refractivity contribution is 6.30. The zero-order valence-corrected chi connectivity index (χ0v) is 21.6. The van der Waals surface area contributed by atoms with E-state index in [4.69, 9.17) is 21.3 Å². The lowest BCUT2D eigenvalue weighted by Gasteiger charge is -2.38. The van der Waals surface area contributed by atoms with Crippen molar-refractivity contribution in [2.45, 2.75) is 19.4 Å². The maximum absolute atomic E-state index is 11.2. The van der Waals surface area contributed by atoms with Crippen LogP contribution in [-0.2, 0) is 0 Å². The van der Waals surface area contributed by atoms with Gasteiger partial charge in [-0.05, 0) is 43.7 Å². The molecule has 2 aliphatic heterocycles. The lowest BCUT2D eigenvalue weighted by atomic mass is 10.00. The van der Waals surface area contributed by atoms with Crippen LogP contribution in [0.4, 0.5) is 16.3 Å². The molecule has 37 heavy (non-hydrogen) atoms. The molecule has 1 amide bonds. The maximum Gasteiger partial charge on any atom is 0.407 e. The number of carboxylic acid groups (broad SMARTS) is 1. The van der Waals surface area contributed by atoms with Crippen LogP contribution in [0.3, 0.4) is 0 Å². The molecule has 9 nitrogen and oxygen atoms in total. The number of aromatic nitrogens is 2. The van der Waals surface area contributed by atoms with Crippen molar-refractivity contribution < 1.29 is 14.6 Å². The van der Waals surface area contributed by atoms with E-state index >= 15 is 0 Å². The average molecular weight is 523 g/mol. The first kappa shape index (κ1) is 25.1. The number of piperazine rings is 1. The number of hydrogen-bond acceptors (Lipinski definition) is 7. The molecule has 2 N–H and O–H groups in total. The molecule has 1 unspecified atom stereocenters. The second-order valence-corrected chi connectivity index (χ2v) is 9.80. The molecule has 3 heterocycles. The Morgan fingerprint density at radius 2 is 1.84 bits per heavy atom. The Hall–Kier alpha value is -3.56. The molecule has 5 rings (SSSR count). The number of anilines is 2. The van der Waals surface area contributed by atoms with Crippen molar-refractivity contribution in [2.24, 2.45) is 0 Å². The van der Waals surface area contributed by atoms with E-state index in [1.807, 2.05) is 55.6 Å². The average Bonchev–Trinajstić information content (AvgIpc) is 2.88. The Bertz CT molecular complexity index is 1250. The van der Waals surface area contributed by atoms with Gasteiger partial charge in [-0.15, -0.1) is 0 Å². The molecule has 194 valence electrons. The van der Waals surface area contributed by atoms with Crippen LogP contribution < -0.4 is 15.0 Å². The number of hydrogen-bond donors (Lipinski definition) is 2. The molecule has 1 saturated heterocycles. The fourth-order valence-electron chi connectivity index (χ4n) is 4.82. The first-order chi connectivity index (χ1) is 17.9. The highest BCUT2D eigenvalue weighted by atomic mass is 35.5. The first-order valence-corrected chi connectivity index (χ1v) is 12.9. The van der Waals surface area contributed by atoms with Gasteiger partial charge in [-0.1, -0.05) is 23.7 Å². The molecule has 2 aliphatic rings. The second kappa shape index (κ2) is 11.2. The maximum atomic E-state index is 11.2. The minimum atomic E-state index is -0.836. The van der Waals surface area contributed by atoms with E-state index in [2.05, 4.69) is 20.1 Å². The Kier molecular flexibility index (Phi) is 7.62. The molecule has 1 aromatic heterocycles. The van der Waals surface area contributed by atoms with Gasteiger partial charge in [0.2, 0.25) is 0 Å². The molecule has 1 fully saturated rings. The number of nitrogens with zero attached hydrogens (tertiary/aromatic N) is 5. The zero-order valence-electron chi connectivity index (χ0n) is 20.8. The molecule has 1 atom stereocenters. The summed E-state index contributed by atoms with van der Waals surface area (Å²) in [6.07, 6.45) is 2.00. The molecular weight excluding hydrogens is 492 g/mol. The number of fused-ring (bicyclic) bond motifs is 1. The third kappa shape index (κ3) is 6.23. The Morgan fingerprint density at radius 1 is 1.08 bits per heavy atom. The summed E-state index contributed by atoms with van der Waals surface area (Å²) in [5, 5.41) is 13.5. The summed E-state index contributed by atoms with van der Waals surface area (Å²) >= 11 is 6.09. The van der Waals surface area contributed by atoms with Crippen LogP contribution in [0, 0.1) is 6.92 Å². The van der Waals surface area contributed by atoms with Gasteiger partial charge < -0.3 is 25.0 Å². The second-order valence-electron chi connectivity index (χ2n) is 9.37. The Balaban J connectivity index is 1.25. The van der Waals surface area contributed by atoms with Gasteiger partial charge in [0, 0.05) is 74.3 Å². The summed E-state index contributed by atoms with van der Waals surface area (Å²) in [6, 6.07) is 15.3. The fraction of sp³-hybridized carbons (Fsp3) is 0.370. The van der Waals surface area contributed by atoms with Gasteiger partial charge in [0.05, 0.1) is 6.04 Å². The minimum Gasteiger partial charge on any atom is -0.465 e. The van der Waals surface area contributed by atoms with E-state index in [1.165, 1.54) is 4.90 Å². The topological polar surface area (TPSA) is 94.1 Å². The van der Waals surface area contributed by atoms with Crippen LogP contribution in [0.15, 0.2) is 54.7 Å². The van der Waals surface area contributed by atoms with Crippen LogP contribution in [0.5, 0.6) is 11.5 Å². The molecule has 10 heteroatoms. The third-order valence-corrected chi connectivity index (χ3v) is 7.05. The molecule has 0 spiro atoms. The summed E-state index contributed by atoms with van der Waals surface area (Å²) in [6.45, 7) is 7.12. The van der Waals surface area contributed by atoms with Crippen LogP contribution in [-0.4, -0.2) is 76.8 Å². The van der Waals surface area contributed by atoms with Gasteiger partial charge in [-0.3, -0.25) is 4.90 Å². The van der Waals surface area contributed by atoms with E-state index < -0.39 is 6.09 Å². The summed E-state index contributed by atoms with van der Waals surface area (Å²) < 4.78 is 6.00. The smallest absolute Gasteiger partial charge is 0.407 e. The van der Waals surface area contributed by atoms with Gasteiger partial charge >= 0.3 is 6.09 Å². The number of carbonyl (C=O) groups is 1. The van der Waals surface area contributed by atoms with Crippen LogP contribution >= 0.6 is 11.6 Å². The number of aryl methyl sites for hydroxylation is 1. The van der Waals surface area contributed by atoms with Crippen molar-refractivity contribution in [1.29, 1.82) is 0 Å². The largest absolute Gasteiger partial charge is 0.465 e. The van der Waals surface area contributed by atoms with E-state index in [1.54, 1.807) is 6.07 Å². The molecule has 0 bridgehead atoms. The Morgan fingerprint density at radius 3 is 2.59 bits per heavy atom. The van der Waals surface area contributed by atoms with Crippen LogP contribution in [0.2, 0.25) is 5.02 Å². The predicted octanol–water partition coefficient (Wildman–Crippen LogP) is 4.89. The van der Waals surface area contributed by atoms with Crippen LogP contribution in [0.25, 0.3) is 0 Å². The summed E-state index contributed by atoms with van der Waals surface area (Å²) in [5.74, 6) is 3.13. The molecule has 0 radical (unpaired) electrons. The van der Waals surface area contributed by atoms with E-state index in [0.717, 1.165) is 67.8 Å². The first-order valence-electron chi connectivity index (χ1n) is 12.5. The monoisotopic (exact) mass is 522 g/mol. The van der Waals surface area contributed by atoms with E-state index in [0.29, 0.717) is 23.9 Å². The van der Waals surface area contributed by atoms with Gasteiger partial charge in [0.15, 0.2) is 0 Å². The lowest BCUT2D eigenvalue weighted by molar-refractivity contribution is 0.106. The number of rotatable bonds is 7.